The molecule has 98 valence electrons. The van der Waals surface area contributed by atoms with E-state index in [-0.39, 0.29) is 0 Å². The monoisotopic (exact) mass is 272 g/mol. The van der Waals surface area contributed by atoms with Crippen LogP contribution in [0.25, 0.3) is 11.5 Å². The van der Waals surface area contributed by atoms with Crippen LogP contribution >= 0.6 is 11.8 Å². The lowest BCUT2D eigenvalue weighted by molar-refractivity contribution is 1.03. The SMILES string of the molecule is CCNc1nc(-c2cccc(C)n2)nc2c1CSC2. The van der Waals surface area contributed by atoms with Crippen molar-refractivity contribution in [2.24, 2.45) is 0 Å². The van der Waals surface area contributed by atoms with Gasteiger partial charge in [0, 0.05) is 29.3 Å². The molecule has 0 spiro atoms. The molecule has 19 heavy (non-hydrogen) atoms. The number of nitrogens with one attached hydrogen (secondary N) is 1. The van der Waals surface area contributed by atoms with Gasteiger partial charge in [-0.25, -0.2) is 15.0 Å². The molecule has 2 aromatic heterocycles. The molecule has 3 rings (SSSR count). The molecule has 0 aromatic carbocycles. The fourth-order valence-corrected chi connectivity index (χ4v) is 3.19. The number of aryl methyl sites for hydroxylation is 1. The highest BCUT2D eigenvalue weighted by molar-refractivity contribution is 7.98. The first-order valence-electron chi connectivity index (χ1n) is 6.43. The maximum absolute atomic E-state index is 4.67. The van der Waals surface area contributed by atoms with E-state index in [9.17, 15) is 0 Å². The van der Waals surface area contributed by atoms with Crippen molar-refractivity contribution in [1.29, 1.82) is 0 Å². The van der Waals surface area contributed by atoms with Crippen molar-refractivity contribution in [2.45, 2.75) is 25.4 Å². The van der Waals surface area contributed by atoms with E-state index in [1.165, 1.54) is 5.56 Å². The Morgan fingerprint density at radius 3 is 2.89 bits per heavy atom. The number of rotatable bonds is 3. The van der Waals surface area contributed by atoms with E-state index in [4.69, 9.17) is 0 Å². The van der Waals surface area contributed by atoms with Gasteiger partial charge in [0.15, 0.2) is 5.82 Å². The Morgan fingerprint density at radius 1 is 1.21 bits per heavy atom. The molecule has 3 heterocycles. The lowest BCUT2D eigenvalue weighted by atomic mass is 10.2. The summed E-state index contributed by atoms with van der Waals surface area (Å²) in [5, 5.41) is 3.34. The first-order chi connectivity index (χ1) is 9.28. The van der Waals surface area contributed by atoms with Crippen LogP contribution in [0.3, 0.4) is 0 Å². The molecule has 1 N–H and O–H groups in total. The Morgan fingerprint density at radius 2 is 2.11 bits per heavy atom. The zero-order chi connectivity index (χ0) is 13.2. The van der Waals surface area contributed by atoms with E-state index in [0.29, 0.717) is 0 Å². The second-order valence-electron chi connectivity index (χ2n) is 4.51. The Labute approximate surface area is 117 Å². The van der Waals surface area contributed by atoms with Gasteiger partial charge in [-0.2, -0.15) is 11.8 Å². The Kier molecular flexibility index (Phi) is 3.38. The third-order valence-corrected chi connectivity index (χ3v) is 4.01. The number of nitrogens with zero attached hydrogens (tertiary/aromatic N) is 3. The number of hydrogen-bond acceptors (Lipinski definition) is 5. The summed E-state index contributed by atoms with van der Waals surface area (Å²) >= 11 is 1.89. The molecule has 1 aliphatic heterocycles. The minimum absolute atomic E-state index is 0.723. The van der Waals surface area contributed by atoms with Crippen LogP contribution in [-0.2, 0) is 11.5 Å². The molecule has 0 radical (unpaired) electrons. The van der Waals surface area contributed by atoms with E-state index < -0.39 is 0 Å². The maximum atomic E-state index is 4.67. The van der Waals surface area contributed by atoms with Crippen molar-refractivity contribution in [3.63, 3.8) is 0 Å². The first-order valence-corrected chi connectivity index (χ1v) is 7.59. The van der Waals surface area contributed by atoms with Crippen LogP contribution in [0.1, 0.15) is 23.9 Å². The summed E-state index contributed by atoms with van der Waals surface area (Å²) in [6.07, 6.45) is 0. The van der Waals surface area contributed by atoms with Gasteiger partial charge in [0.1, 0.15) is 11.5 Å². The molecule has 0 saturated heterocycles. The first kappa shape index (κ1) is 12.4. The van der Waals surface area contributed by atoms with Gasteiger partial charge in [-0.05, 0) is 26.0 Å². The molecule has 5 heteroatoms. The van der Waals surface area contributed by atoms with Gasteiger partial charge in [-0.15, -0.1) is 0 Å². The highest BCUT2D eigenvalue weighted by atomic mass is 32.2. The standard InChI is InChI=1S/C14H16N4S/c1-3-15-13-10-7-19-8-12(10)17-14(18-13)11-6-4-5-9(2)16-11/h4-6H,3,7-8H2,1-2H3,(H,15,17,18). The molecule has 0 bridgehead atoms. The lowest BCUT2D eigenvalue weighted by Gasteiger charge is -2.10. The fourth-order valence-electron chi connectivity index (χ4n) is 2.15. The van der Waals surface area contributed by atoms with Crippen LogP contribution in [0.2, 0.25) is 0 Å². The van der Waals surface area contributed by atoms with Crippen molar-refractivity contribution in [3.05, 3.63) is 35.2 Å². The van der Waals surface area contributed by atoms with Gasteiger partial charge < -0.3 is 5.32 Å². The van der Waals surface area contributed by atoms with Crippen molar-refractivity contribution in [1.82, 2.24) is 15.0 Å². The lowest BCUT2D eigenvalue weighted by Crippen LogP contribution is -2.07. The molecule has 0 amide bonds. The Balaban J connectivity index is 2.10. The minimum Gasteiger partial charge on any atom is -0.370 e. The molecule has 4 nitrogen and oxygen atoms in total. The number of aromatic nitrogens is 3. The normalized spacial score (nSPS) is 13.4. The zero-order valence-corrected chi connectivity index (χ0v) is 11.9. The van der Waals surface area contributed by atoms with E-state index in [1.807, 2.05) is 36.9 Å². The molecule has 1 aliphatic rings. The van der Waals surface area contributed by atoms with Crippen molar-refractivity contribution >= 4 is 17.6 Å². The second-order valence-corrected chi connectivity index (χ2v) is 5.49. The van der Waals surface area contributed by atoms with E-state index in [2.05, 4.69) is 27.2 Å². The Hall–Kier alpha value is -1.62. The highest BCUT2D eigenvalue weighted by Crippen LogP contribution is 2.34. The predicted molar refractivity (Wildman–Crippen MR) is 79.2 cm³/mol. The number of thioether (sulfide) groups is 1. The van der Waals surface area contributed by atoms with Gasteiger partial charge >= 0.3 is 0 Å². The third-order valence-electron chi connectivity index (χ3n) is 3.04. The molecule has 0 aliphatic carbocycles. The van der Waals surface area contributed by atoms with Crippen LogP contribution in [0.4, 0.5) is 5.82 Å². The van der Waals surface area contributed by atoms with E-state index in [1.54, 1.807) is 0 Å². The fraction of sp³-hybridized carbons (Fsp3) is 0.357. The van der Waals surface area contributed by atoms with Gasteiger partial charge in [0.05, 0.1) is 5.69 Å². The second kappa shape index (κ2) is 5.17. The van der Waals surface area contributed by atoms with Crippen molar-refractivity contribution < 1.29 is 0 Å². The maximum Gasteiger partial charge on any atom is 0.180 e. The van der Waals surface area contributed by atoms with Crippen LogP contribution in [0.5, 0.6) is 0 Å². The van der Waals surface area contributed by atoms with Crippen LogP contribution in [-0.4, -0.2) is 21.5 Å². The van der Waals surface area contributed by atoms with Crippen LogP contribution in [0.15, 0.2) is 18.2 Å². The van der Waals surface area contributed by atoms with E-state index in [0.717, 1.165) is 46.8 Å². The summed E-state index contributed by atoms with van der Waals surface area (Å²) in [5.41, 5.74) is 4.23. The average Bonchev–Trinajstić information content (AvgIpc) is 2.87. The summed E-state index contributed by atoms with van der Waals surface area (Å²) in [5.74, 6) is 3.66. The van der Waals surface area contributed by atoms with Crippen molar-refractivity contribution in [3.8, 4) is 11.5 Å². The number of pyridine rings is 1. The molecule has 0 unspecified atom stereocenters. The van der Waals surface area contributed by atoms with Gasteiger partial charge in [-0.1, -0.05) is 6.07 Å². The molecule has 0 saturated carbocycles. The van der Waals surface area contributed by atoms with Gasteiger partial charge in [-0.3, -0.25) is 0 Å². The average molecular weight is 272 g/mol. The summed E-state index contributed by atoms with van der Waals surface area (Å²) in [6, 6.07) is 5.94. The third kappa shape index (κ3) is 2.42. The van der Waals surface area contributed by atoms with Crippen molar-refractivity contribution in [2.75, 3.05) is 11.9 Å². The number of anilines is 1. The summed E-state index contributed by atoms with van der Waals surface area (Å²) in [6.45, 7) is 4.94. The zero-order valence-electron chi connectivity index (χ0n) is 11.1. The molecule has 0 fully saturated rings. The Bertz CT molecular complexity index is 612. The molecular formula is C14H16N4S. The number of hydrogen-bond donors (Lipinski definition) is 1. The molecular weight excluding hydrogens is 256 g/mol. The number of fused-ring (bicyclic) bond motifs is 1. The topological polar surface area (TPSA) is 50.7 Å². The van der Waals surface area contributed by atoms with Crippen LogP contribution in [0, 0.1) is 6.92 Å². The molecule has 2 aromatic rings. The minimum atomic E-state index is 0.723. The summed E-state index contributed by atoms with van der Waals surface area (Å²) < 4.78 is 0. The summed E-state index contributed by atoms with van der Waals surface area (Å²) in [4.78, 5) is 13.8. The van der Waals surface area contributed by atoms with Crippen LogP contribution < -0.4 is 5.32 Å². The van der Waals surface area contributed by atoms with Gasteiger partial charge in [0.2, 0.25) is 0 Å². The summed E-state index contributed by atoms with van der Waals surface area (Å²) in [7, 11) is 0. The largest absolute Gasteiger partial charge is 0.370 e. The molecule has 0 atom stereocenters. The smallest absolute Gasteiger partial charge is 0.180 e. The van der Waals surface area contributed by atoms with Gasteiger partial charge in [0.25, 0.3) is 0 Å². The van der Waals surface area contributed by atoms with E-state index >= 15 is 0 Å². The quantitative estimate of drug-likeness (QED) is 0.930. The predicted octanol–water partition coefficient (Wildman–Crippen LogP) is 3.03. The highest BCUT2D eigenvalue weighted by Gasteiger charge is 2.20.